The van der Waals surface area contributed by atoms with Gasteiger partial charge < -0.3 is 9.84 Å². The van der Waals surface area contributed by atoms with Crippen LogP contribution in [-0.2, 0) is 0 Å². The summed E-state index contributed by atoms with van der Waals surface area (Å²) >= 11 is 3.41. The van der Waals surface area contributed by atoms with E-state index in [4.69, 9.17) is 10.5 Å². The number of aromatic hydroxyl groups is 1. The number of nitrogens with one attached hydrogen (secondary N) is 1. The molecule has 3 aromatic rings. The number of anilines is 1. The number of aromatic amines is 1. The summed E-state index contributed by atoms with van der Waals surface area (Å²) in [4.78, 5) is 3.07. The van der Waals surface area contributed by atoms with Crippen LogP contribution in [0.4, 0.5) is 5.82 Å². The van der Waals surface area contributed by atoms with Crippen LogP contribution in [0.5, 0.6) is 11.5 Å². The van der Waals surface area contributed by atoms with E-state index in [1.807, 2.05) is 30.3 Å². The maximum Gasteiger partial charge on any atom is 0.289 e. The summed E-state index contributed by atoms with van der Waals surface area (Å²) in [5.74, 6) is 0.649. The maximum atomic E-state index is 9.80. The van der Waals surface area contributed by atoms with Crippen molar-refractivity contribution in [2.45, 2.75) is 0 Å². The van der Waals surface area contributed by atoms with Crippen molar-refractivity contribution in [2.24, 2.45) is 0 Å². The van der Waals surface area contributed by atoms with Gasteiger partial charge in [-0.2, -0.15) is 5.26 Å². The largest absolute Gasteiger partial charge is 0.504 e. The van der Waals surface area contributed by atoms with Gasteiger partial charge in [0.2, 0.25) is 0 Å². The maximum absolute atomic E-state index is 9.80. The van der Waals surface area contributed by atoms with E-state index >= 15 is 0 Å². The Morgan fingerprint density at radius 3 is 2.44 bits per heavy atom. The molecular formula is C19H15BrN3O2+. The molecule has 0 spiro atoms. The third kappa shape index (κ3) is 3.28. The third-order valence-corrected chi connectivity index (χ3v) is 4.38. The number of benzene rings is 2. The molecule has 0 atom stereocenters. The molecule has 0 saturated carbocycles. The number of H-pyrrole nitrogens is 1. The van der Waals surface area contributed by atoms with Crippen LogP contribution in [-0.4, -0.2) is 12.2 Å². The van der Waals surface area contributed by atoms with Gasteiger partial charge in [0.1, 0.15) is 17.3 Å². The van der Waals surface area contributed by atoms with Gasteiger partial charge in [0.15, 0.2) is 11.5 Å². The quantitative estimate of drug-likeness (QED) is 0.704. The summed E-state index contributed by atoms with van der Waals surface area (Å²) in [6.45, 7) is 0. The second kappa shape index (κ2) is 6.83. The number of nitriles is 1. The summed E-state index contributed by atoms with van der Waals surface area (Å²) in [5, 5.41) is 19.3. The molecule has 2 aromatic carbocycles. The van der Waals surface area contributed by atoms with Crippen molar-refractivity contribution in [3.05, 3.63) is 58.6 Å². The van der Waals surface area contributed by atoms with Crippen molar-refractivity contribution in [1.29, 1.82) is 5.26 Å². The molecule has 4 N–H and O–H groups in total. The Balaban J connectivity index is 2.21. The van der Waals surface area contributed by atoms with E-state index in [0.29, 0.717) is 16.9 Å². The predicted molar refractivity (Wildman–Crippen MR) is 98.9 cm³/mol. The number of nitrogen functional groups attached to an aromatic ring is 1. The number of hydrogen-bond acceptors (Lipinski definition) is 4. The van der Waals surface area contributed by atoms with Gasteiger partial charge in [0.25, 0.3) is 5.82 Å². The molecule has 0 amide bonds. The molecule has 0 radical (unpaired) electrons. The van der Waals surface area contributed by atoms with Gasteiger partial charge >= 0.3 is 0 Å². The van der Waals surface area contributed by atoms with Crippen molar-refractivity contribution < 1.29 is 14.8 Å². The van der Waals surface area contributed by atoms with Crippen LogP contribution < -0.4 is 15.5 Å². The number of rotatable bonds is 3. The molecule has 3 rings (SSSR count). The Morgan fingerprint density at radius 2 is 1.80 bits per heavy atom. The lowest BCUT2D eigenvalue weighted by Crippen LogP contribution is -2.16. The highest BCUT2D eigenvalue weighted by molar-refractivity contribution is 9.10. The normalized spacial score (nSPS) is 10.3. The monoisotopic (exact) mass is 396 g/mol. The fourth-order valence-corrected chi connectivity index (χ4v) is 2.85. The highest BCUT2D eigenvalue weighted by Gasteiger charge is 2.18. The van der Waals surface area contributed by atoms with Crippen molar-refractivity contribution >= 4 is 21.7 Å². The Bertz CT molecular complexity index is 979. The van der Waals surface area contributed by atoms with Crippen molar-refractivity contribution in [3.63, 3.8) is 0 Å². The first-order chi connectivity index (χ1) is 12.0. The molecule has 0 aliphatic rings. The van der Waals surface area contributed by atoms with Gasteiger partial charge in [-0.25, -0.2) is 4.98 Å². The third-order valence-electron chi connectivity index (χ3n) is 3.85. The molecule has 0 fully saturated rings. The smallest absolute Gasteiger partial charge is 0.289 e. The second-order valence-corrected chi connectivity index (χ2v) is 6.31. The molecule has 0 aliphatic heterocycles. The highest BCUT2D eigenvalue weighted by atomic mass is 79.9. The topological polar surface area (TPSA) is 93.4 Å². The van der Waals surface area contributed by atoms with Crippen LogP contribution in [0.25, 0.3) is 22.4 Å². The van der Waals surface area contributed by atoms with Gasteiger partial charge in [-0.05, 0) is 48.0 Å². The average Bonchev–Trinajstić information content (AvgIpc) is 2.62. The van der Waals surface area contributed by atoms with E-state index in [9.17, 15) is 10.4 Å². The van der Waals surface area contributed by atoms with Crippen molar-refractivity contribution in [1.82, 2.24) is 0 Å². The summed E-state index contributed by atoms with van der Waals surface area (Å²) in [6.07, 6.45) is 0. The molecule has 0 unspecified atom stereocenters. The van der Waals surface area contributed by atoms with Crippen LogP contribution in [0.2, 0.25) is 0 Å². The number of ether oxygens (including phenoxy) is 1. The number of phenolic OH excluding ortho intramolecular Hbond substituents is 1. The average molecular weight is 397 g/mol. The minimum absolute atomic E-state index is 0.0355. The molecule has 1 heterocycles. The number of nitrogens with two attached hydrogens (primary N) is 1. The Morgan fingerprint density at radius 1 is 1.12 bits per heavy atom. The lowest BCUT2D eigenvalue weighted by atomic mass is 9.98. The lowest BCUT2D eigenvalue weighted by molar-refractivity contribution is -0.346. The molecular weight excluding hydrogens is 382 g/mol. The van der Waals surface area contributed by atoms with Gasteiger partial charge in [-0.1, -0.05) is 22.0 Å². The van der Waals surface area contributed by atoms with Crippen molar-refractivity contribution in [3.8, 4) is 40.0 Å². The van der Waals surface area contributed by atoms with E-state index in [1.54, 1.807) is 12.1 Å². The van der Waals surface area contributed by atoms with Crippen LogP contribution in [0.15, 0.2) is 53.0 Å². The van der Waals surface area contributed by atoms with Crippen molar-refractivity contribution in [2.75, 3.05) is 12.8 Å². The minimum atomic E-state index is 0.0355. The number of pyridine rings is 1. The second-order valence-electron chi connectivity index (χ2n) is 5.39. The molecule has 0 bridgehead atoms. The van der Waals surface area contributed by atoms with E-state index < -0.39 is 0 Å². The fraction of sp³-hybridized carbons (Fsp3) is 0.0526. The number of methoxy groups -OCH3 is 1. The van der Waals surface area contributed by atoms with Crippen LogP contribution in [0, 0.1) is 11.3 Å². The van der Waals surface area contributed by atoms with E-state index in [2.05, 4.69) is 27.0 Å². The van der Waals surface area contributed by atoms with Gasteiger partial charge in [-0.3, -0.25) is 5.73 Å². The Labute approximate surface area is 153 Å². The standard InChI is InChI=1S/C19H14BrN3O2/c1-25-18-8-12(4-7-17(18)24)14-9-16(23-19(22)15(14)10-21)11-2-5-13(20)6-3-11/h2-9,24H,1H3,(H2,22,23)/p+1. The fourth-order valence-electron chi connectivity index (χ4n) is 2.58. The van der Waals surface area contributed by atoms with E-state index in [0.717, 1.165) is 21.3 Å². The van der Waals surface area contributed by atoms with Gasteiger partial charge in [-0.15, -0.1) is 0 Å². The first kappa shape index (κ1) is 16.8. The predicted octanol–water partition coefficient (Wildman–Crippen LogP) is 3.77. The number of hydrogen-bond donors (Lipinski definition) is 2. The number of phenols is 1. The summed E-state index contributed by atoms with van der Waals surface area (Å²) in [6, 6.07) is 16.7. The highest BCUT2D eigenvalue weighted by Crippen LogP contribution is 2.35. The zero-order valence-electron chi connectivity index (χ0n) is 13.4. The Hall–Kier alpha value is -3.04. The minimum Gasteiger partial charge on any atom is -0.504 e. The molecule has 6 heteroatoms. The van der Waals surface area contributed by atoms with E-state index in [1.165, 1.54) is 13.2 Å². The summed E-state index contributed by atoms with van der Waals surface area (Å²) < 4.78 is 6.14. The SMILES string of the molecule is COc1cc(-c2cc(-c3ccc(Br)cc3)[nH+]c(N)c2C#N)ccc1O. The summed E-state index contributed by atoms with van der Waals surface area (Å²) in [7, 11) is 1.48. The molecule has 5 nitrogen and oxygen atoms in total. The van der Waals surface area contributed by atoms with Gasteiger partial charge in [0, 0.05) is 15.6 Å². The van der Waals surface area contributed by atoms with Crippen LogP contribution in [0.3, 0.4) is 0 Å². The number of aromatic nitrogens is 1. The summed E-state index contributed by atoms with van der Waals surface area (Å²) in [5.41, 5.74) is 9.52. The number of nitrogens with zero attached hydrogens (tertiary/aromatic N) is 1. The van der Waals surface area contributed by atoms with E-state index in [-0.39, 0.29) is 11.6 Å². The molecule has 25 heavy (non-hydrogen) atoms. The van der Waals surface area contributed by atoms with Crippen LogP contribution in [0.1, 0.15) is 5.56 Å². The number of halogens is 1. The van der Waals surface area contributed by atoms with Crippen LogP contribution >= 0.6 is 15.9 Å². The van der Waals surface area contributed by atoms with Gasteiger partial charge in [0.05, 0.1) is 7.11 Å². The Kier molecular flexibility index (Phi) is 4.59. The zero-order valence-corrected chi connectivity index (χ0v) is 15.0. The zero-order chi connectivity index (χ0) is 18.0. The molecule has 0 aliphatic carbocycles. The molecule has 1 aromatic heterocycles. The first-order valence-corrected chi connectivity index (χ1v) is 8.22. The lowest BCUT2D eigenvalue weighted by Gasteiger charge is -2.10. The molecule has 0 saturated heterocycles. The molecule has 124 valence electrons. The first-order valence-electron chi connectivity index (χ1n) is 7.42.